The van der Waals surface area contributed by atoms with Crippen molar-refractivity contribution in [2.24, 2.45) is 0 Å². The van der Waals surface area contributed by atoms with E-state index in [1.165, 1.54) is 24.7 Å². The molecule has 1 aliphatic rings. The van der Waals surface area contributed by atoms with Gasteiger partial charge in [-0.1, -0.05) is 11.3 Å². The van der Waals surface area contributed by atoms with Gasteiger partial charge in [0.25, 0.3) is 6.43 Å². The van der Waals surface area contributed by atoms with Gasteiger partial charge in [-0.15, -0.1) is 10.2 Å². The first-order chi connectivity index (χ1) is 16.8. The summed E-state index contributed by atoms with van der Waals surface area (Å²) in [5.41, 5.74) is 1.51. The molecule has 0 saturated carbocycles. The fraction of sp³-hybridized carbons (Fsp3) is 0.455. The lowest BCUT2D eigenvalue weighted by atomic mass is 10.0. The molecule has 0 unspecified atom stereocenters. The van der Waals surface area contributed by atoms with Crippen molar-refractivity contribution in [1.82, 2.24) is 34.5 Å². The summed E-state index contributed by atoms with van der Waals surface area (Å²) in [6, 6.07) is 3.05. The molecule has 1 fully saturated rings. The van der Waals surface area contributed by atoms with E-state index in [0.29, 0.717) is 23.0 Å². The monoisotopic (exact) mass is 492 g/mol. The first-order valence-corrected chi connectivity index (χ1v) is 11.1. The number of aromatic nitrogens is 6. The lowest BCUT2D eigenvalue weighted by Gasteiger charge is -2.32. The summed E-state index contributed by atoms with van der Waals surface area (Å²) in [5.74, 6) is -0.424. The smallest absolute Gasteiger partial charge is 0.260 e. The van der Waals surface area contributed by atoms with E-state index < -0.39 is 30.5 Å². The molecule has 5 rings (SSSR count). The number of benzene rings is 1. The molecule has 3 atom stereocenters. The Morgan fingerprint density at radius 2 is 2.06 bits per heavy atom. The van der Waals surface area contributed by atoms with E-state index >= 15 is 4.39 Å². The molecule has 1 saturated heterocycles. The number of likely N-dealkylation sites (tertiary alicyclic amines) is 1. The van der Waals surface area contributed by atoms with Crippen LogP contribution in [0.15, 0.2) is 24.4 Å². The van der Waals surface area contributed by atoms with Gasteiger partial charge >= 0.3 is 0 Å². The zero-order valence-corrected chi connectivity index (χ0v) is 19.3. The van der Waals surface area contributed by atoms with E-state index in [4.69, 9.17) is 4.74 Å². The van der Waals surface area contributed by atoms with Gasteiger partial charge < -0.3 is 15.0 Å². The number of hydrogen-bond donors (Lipinski definition) is 1. The number of nitrogens with zero attached hydrogens (tertiary/aromatic N) is 7. The van der Waals surface area contributed by atoms with Gasteiger partial charge in [0, 0.05) is 13.1 Å². The number of hydrogen-bond acceptors (Lipinski definition) is 7. The molecule has 1 N–H and O–H groups in total. The zero-order chi connectivity index (χ0) is 24.9. The molecular formula is C22H24F4N8O. The SMILES string of the molecule is COc1nc(N[C@@H]2CCN(C)C[C@@H]2F)nn2cc(F)c(-c3ccc4nnn([C@H](C)C(F)F)c4c3)c12. The molecule has 9 nitrogen and oxygen atoms in total. The number of rotatable bonds is 6. The summed E-state index contributed by atoms with van der Waals surface area (Å²) in [6.45, 7) is 2.34. The maximum Gasteiger partial charge on any atom is 0.260 e. The molecule has 0 aliphatic carbocycles. The number of methoxy groups -OCH3 is 1. The van der Waals surface area contributed by atoms with Crippen LogP contribution in [-0.2, 0) is 0 Å². The third-order valence-corrected chi connectivity index (χ3v) is 6.32. The van der Waals surface area contributed by atoms with Gasteiger partial charge in [-0.3, -0.25) is 0 Å². The molecule has 0 bridgehead atoms. The Bertz CT molecular complexity index is 1370. The molecule has 0 spiro atoms. The predicted molar refractivity (Wildman–Crippen MR) is 121 cm³/mol. The van der Waals surface area contributed by atoms with Gasteiger partial charge in [0.1, 0.15) is 23.2 Å². The first kappa shape index (κ1) is 23.3. The molecule has 4 heterocycles. The number of nitrogens with one attached hydrogen (secondary N) is 1. The zero-order valence-electron chi connectivity index (χ0n) is 19.3. The first-order valence-electron chi connectivity index (χ1n) is 11.1. The lowest BCUT2D eigenvalue weighted by Crippen LogP contribution is -2.46. The maximum absolute atomic E-state index is 15.2. The molecule has 1 aromatic carbocycles. The van der Waals surface area contributed by atoms with Crippen LogP contribution in [0, 0.1) is 5.82 Å². The van der Waals surface area contributed by atoms with Crippen molar-refractivity contribution in [1.29, 1.82) is 0 Å². The Balaban J connectivity index is 1.57. The Hall–Kier alpha value is -3.48. The fourth-order valence-corrected chi connectivity index (χ4v) is 4.38. The summed E-state index contributed by atoms with van der Waals surface area (Å²) in [4.78, 5) is 6.25. The van der Waals surface area contributed by atoms with Crippen LogP contribution in [0.4, 0.5) is 23.5 Å². The van der Waals surface area contributed by atoms with Crippen LogP contribution in [0.25, 0.3) is 27.7 Å². The average Bonchev–Trinajstić information content (AvgIpc) is 3.39. The third-order valence-electron chi connectivity index (χ3n) is 6.32. The summed E-state index contributed by atoms with van der Waals surface area (Å²) in [5, 5.41) is 15.1. The van der Waals surface area contributed by atoms with Crippen LogP contribution in [0.5, 0.6) is 5.88 Å². The Labute approximate surface area is 197 Å². The number of alkyl halides is 3. The molecule has 0 amide bonds. The average molecular weight is 492 g/mol. The van der Waals surface area contributed by atoms with E-state index in [1.807, 2.05) is 11.9 Å². The van der Waals surface area contributed by atoms with E-state index in [2.05, 4.69) is 25.7 Å². The van der Waals surface area contributed by atoms with Gasteiger partial charge in [-0.25, -0.2) is 26.8 Å². The highest BCUT2D eigenvalue weighted by Crippen LogP contribution is 2.36. The predicted octanol–water partition coefficient (Wildman–Crippen LogP) is 3.57. The van der Waals surface area contributed by atoms with E-state index in [9.17, 15) is 13.2 Å². The number of ether oxygens (including phenoxy) is 1. The molecular weight excluding hydrogens is 468 g/mol. The number of fused-ring (bicyclic) bond motifs is 2. The summed E-state index contributed by atoms with van der Waals surface area (Å²) in [7, 11) is 3.24. The standard InChI is InChI=1S/C22H24F4N8O/c1-11(20(25)26)34-17-8-12(4-5-16(17)29-31-34)18-14(24)10-33-19(18)21(35-3)28-22(30-33)27-15-6-7-32(2)9-13(15)23/h4-5,8,10-11,13,15,20H,6-7,9H2,1-3H3,(H,27,30)/t11-,13+,15-/m1/s1. The topological polar surface area (TPSA) is 85.4 Å². The Morgan fingerprint density at radius 1 is 1.26 bits per heavy atom. The second kappa shape index (κ2) is 8.95. The number of halogens is 4. The minimum Gasteiger partial charge on any atom is -0.479 e. The quantitative estimate of drug-likeness (QED) is 0.412. The van der Waals surface area contributed by atoms with Crippen molar-refractivity contribution < 1.29 is 22.3 Å². The Kier molecular flexibility index (Phi) is 5.95. The van der Waals surface area contributed by atoms with Crippen molar-refractivity contribution in [3.8, 4) is 17.0 Å². The van der Waals surface area contributed by atoms with Crippen LogP contribution < -0.4 is 10.1 Å². The van der Waals surface area contributed by atoms with Gasteiger partial charge in [0.15, 0.2) is 5.82 Å². The molecule has 13 heteroatoms. The molecule has 186 valence electrons. The summed E-state index contributed by atoms with van der Waals surface area (Å²) in [6.07, 6.45) is -2.03. The van der Waals surface area contributed by atoms with Crippen LogP contribution in [0.3, 0.4) is 0 Å². The molecule has 35 heavy (non-hydrogen) atoms. The summed E-state index contributed by atoms with van der Waals surface area (Å²) < 4.78 is 64.1. The van der Waals surface area contributed by atoms with Gasteiger partial charge in [0.2, 0.25) is 11.8 Å². The van der Waals surface area contributed by atoms with Gasteiger partial charge in [-0.2, -0.15) is 4.98 Å². The number of anilines is 1. The van der Waals surface area contributed by atoms with Crippen molar-refractivity contribution in [2.45, 2.75) is 38.0 Å². The van der Waals surface area contributed by atoms with Crippen molar-refractivity contribution >= 4 is 22.5 Å². The minimum absolute atomic E-state index is 0.0809. The molecule has 1 aliphatic heterocycles. The highest BCUT2D eigenvalue weighted by molar-refractivity contribution is 5.89. The third kappa shape index (κ3) is 4.13. The highest BCUT2D eigenvalue weighted by Gasteiger charge is 2.29. The van der Waals surface area contributed by atoms with Gasteiger partial charge in [-0.05, 0) is 38.1 Å². The normalized spacial score (nSPS) is 20.1. The molecule has 3 aromatic heterocycles. The molecule has 4 aromatic rings. The minimum atomic E-state index is -2.65. The largest absolute Gasteiger partial charge is 0.479 e. The fourth-order valence-electron chi connectivity index (χ4n) is 4.38. The van der Waals surface area contributed by atoms with Crippen molar-refractivity contribution in [3.05, 3.63) is 30.2 Å². The second-order valence-corrected chi connectivity index (χ2v) is 8.72. The van der Waals surface area contributed by atoms with Crippen molar-refractivity contribution in [3.63, 3.8) is 0 Å². The van der Waals surface area contributed by atoms with E-state index in [1.54, 1.807) is 18.2 Å². The van der Waals surface area contributed by atoms with Crippen LogP contribution in [0.2, 0.25) is 0 Å². The Morgan fingerprint density at radius 3 is 2.77 bits per heavy atom. The number of piperidine rings is 1. The van der Waals surface area contributed by atoms with Crippen molar-refractivity contribution in [2.75, 3.05) is 32.6 Å². The maximum atomic E-state index is 15.2. The highest BCUT2D eigenvalue weighted by atomic mass is 19.3. The van der Waals surface area contributed by atoms with Crippen LogP contribution >= 0.6 is 0 Å². The van der Waals surface area contributed by atoms with Crippen LogP contribution in [0.1, 0.15) is 19.4 Å². The lowest BCUT2D eigenvalue weighted by molar-refractivity contribution is 0.0866. The van der Waals surface area contributed by atoms with E-state index in [-0.39, 0.29) is 29.5 Å². The van der Waals surface area contributed by atoms with Gasteiger partial charge in [0.05, 0.1) is 30.4 Å². The van der Waals surface area contributed by atoms with Crippen LogP contribution in [-0.4, -0.2) is 80.4 Å². The summed E-state index contributed by atoms with van der Waals surface area (Å²) >= 11 is 0. The van der Waals surface area contributed by atoms with E-state index in [0.717, 1.165) is 11.2 Å². The second-order valence-electron chi connectivity index (χ2n) is 8.72. The molecule has 0 radical (unpaired) electrons.